The molecule has 1 aliphatic heterocycles. The van der Waals surface area contributed by atoms with Crippen LogP contribution in [0.5, 0.6) is 0 Å². The highest BCUT2D eigenvalue weighted by molar-refractivity contribution is 7.91. The average molecular weight is 346 g/mol. The number of benzene rings is 1. The number of hydrogen-bond acceptors (Lipinski definition) is 4. The van der Waals surface area contributed by atoms with E-state index in [1.807, 2.05) is 0 Å². The van der Waals surface area contributed by atoms with Crippen LogP contribution in [0, 0.1) is 5.92 Å². The quantitative estimate of drug-likeness (QED) is 0.796. The van der Waals surface area contributed by atoms with E-state index in [1.165, 1.54) is 22.7 Å². The Hall–Kier alpha value is -0.960. The van der Waals surface area contributed by atoms with E-state index in [2.05, 4.69) is 0 Å². The molecular formula is C14H22N2O4S2. The summed E-state index contributed by atoms with van der Waals surface area (Å²) in [4.78, 5) is 0.332. The Morgan fingerprint density at radius 3 is 2.09 bits per heavy atom. The van der Waals surface area contributed by atoms with Gasteiger partial charge >= 0.3 is 0 Å². The first-order valence-electron chi connectivity index (χ1n) is 7.19. The van der Waals surface area contributed by atoms with Crippen molar-refractivity contribution in [1.29, 1.82) is 0 Å². The van der Waals surface area contributed by atoms with Gasteiger partial charge in [0, 0.05) is 27.2 Å². The number of piperidine rings is 1. The zero-order chi connectivity index (χ0) is 16.4. The summed E-state index contributed by atoms with van der Waals surface area (Å²) in [5.74, 6) is 0.0752. The Balaban J connectivity index is 1.99. The van der Waals surface area contributed by atoms with Crippen LogP contribution in [-0.4, -0.2) is 58.4 Å². The zero-order valence-electron chi connectivity index (χ0n) is 12.8. The third kappa shape index (κ3) is 3.87. The standard InChI is InChI=1S/C14H22N2O4S2/c1-15(2)22(19,20)16-10-8-13(9-11-16)12-21(17,18)14-6-4-3-5-7-14/h3-7,13H,8-12H2,1-2H3. The van der Waals surface area contributed by atoms with Crippen LogP contribution >= 0.6 is 0 Å². The van der Waals surface area contributed by atoms with Crippen molar-refractivity contribution in [3.8, 4) is 0 Å². The van der Waals surface area contributed by atoms with E-state index in [4.69, 9.17) is 0 Å². The molecule has 8 heteroatoms. The second-order valence-electron chi connectivity index (χ2n) is 5.73. The first-order chi connectivity index (χ1) is 10.2. The molecule has 0 bridgehead atoms. The van der Waals surface area contributed by atoms with Crippen LogP contribution in [0.1, 0.15) is 12.8 Å². The highest BCUT2D eigenvalue weighted by Crippen LogP contribution is 2.24. The maximum absolute atomic E-state index is 12.3. The van der Waals surface area contributed by atoms with Gasteiger partial charge in [0.15, 0.2) is 9.84 Å². The molecule has 6 nitrogen and oxygen atoms in total. The molecule has 0 N–H and O–H groups in total. The fourth-order valence-electron chi connectivity index (χ4n) is 2.57. The molecule has 1 aliphatic rings. The number of nitrogens with zero attached hydrogens (tertiary/aromatic N) is 2. The summed E-state index contributed by atoms with van der Waals surface area (Å²) in [6.07, 6.45) is 1.14. The molecule has 1 saturated heterocycles. The molecule has 0 unspecified atom stereocenters. The molecule has 2 rings (SSSR count). The summed E-state index contributed by atoms with van der Waals surface area (Å²) in [5, 5.41) is 0. The van der Waals surface area contributed by atoms with Gasteiger partial charge in [-0.2, -0.15) is 17.0 Å². The molecule has 1 aromatic carbocycles. The van der Waals surface area contributed by atoms with Gasteiger partial charge in [-0.15, -0.1) is 0 Å². The molecule has 0 aromatic heterocycles. The molecule has 0 saturated carbocycles. The molecule has 0 aliphatic carbocycles. The van der Waals surface area contributed by atoms with E-state index in [-0.39, 0.29) is 11.7 Å². The number of sulfone groups is 1. The molecule has 1 fully saturated rings. The first kappa shape index (κ1) is 17.4. The summed E-state index contributed by atoms with van der Waals surface area (Å²) in [5.41, 5.74) is 0. The van der Waals surface area contributed by atoms with Gasteiger partial charge in [-0.05, 0) is 30.9 Å². The summed E-state index contributed by atoms with van der Waals surface area (Å²) < 4.78 is 51.4. The van der Waals surface area contributed by atoms with Crippen molar-refractivity contribution >= 4 is 20.0 Å². The molecule has 124 valence electrons. The largest absolute Gasteiger partial charge is 0.281 e. The van der Waals surface area contributed by atoms with Gasteiger partial charge in [0.1, 0.15) is 0 Å². The lowest BCUT2D eigenvalue weighted by Gasteiger charge is -2.32. The Kier molecular flexibility index (Phi) is 5.26. The minimum atomic E-state index is -3.40. The minimum Gasteiger partial charge on any atom is -0.224 e. The molecule has 0 spiro atoms. The van der Waals surface area contributed by atoms with E-state index in [0.29, 0.717) is 30.8 Å². The van der Waals surface area contributed by atoms with E-state index < -0.39 is 20.0 Å². The van der Waals surface area contributed by atoms with Crippen LogP contribution in [0.4, 0.5) is 0 Å². The van der Waals surface area contributed by atoms with Crippen molar-refractivity contribution < 1.29 is 16.8 Å². The molecule has 0 radical (unpaired) electrons. The smallest absolute Gasteiger partial charge is 0.224 e. The van der Waals surface area contributed by atoms with E-state index >= 15 is 0 Å². The molecule has 0 amide bonds. The van der Waals surface area contributed by atoms with Crippen molar-refractivity contribution in [2.24, 2.45) is 5.92 Å². The van der Waals surface area contributed by atoms with E-state index in [1.54, 1.807) is 30.3 Å². The van der Waals surface area contributed by atoms with Crippen LogP contribution in [0.15, 0.2) is 35.2 Å². The predicted octanol–water partition coefficient (Wildman–Crippen LogP) is 0.979. The topological polar surface area (TPSA) is 74.8 Å². The predicted molar refractivity (Wildman–Crippen MR) is 85.4 cm³/mol. The highest BCUT2D eigenvalue weighted by atomic mass is 32.2. The van der Waals surface area contributed by atoms with Crippen LogP contribution < -0.4 is 0 Å². The summed E-state index contributed by atoms with van der Waals surface area (Å²) in [6, 6.07) is 8.39. The van der Waals surface area contributed by atoms with Crippen LogP contribution in [0.2, 0.25) is 0 Å². The SMILES string of the molecule is CN(C)S(=O)(=O)N1CCC(CS(=O)(=O)c2ccccc2)CC1. The molecule has 22 heavy (non-hydrogen) atoms. The van der Waals surface area contributed by atoms with Gasteiger partial charge in [-0.25, -0.2) is 8.42 Å². The molecular weight excluding hydrogens is 324 g/mol. The van der Waals surface area contributed by atoms with Gasteiger partial charge in [0.25, 0.3) is 10.2 Å². The lowest BCUT2D eigenvalue weighted by atomic mass is 10.0. The number of hydrogen-bond donors (Lipinski definition) is 0. The lowest BCUT2D eigenvalue weighted by Crippen LogP contribution is -2.45. The van der Waals surface area contributed by atoms with Gasteiger partial charge < -0.3 is 0 Å². The fraction of sp³-hybridized carbons (Fsp3) is 0.571. The summed E-state index contributed by atoms with van der Waals surface area (Å²) >= 11 is 0. The second-order valence-corrected chi connectivity index (χ2v) is 9.90. The van der Waals surface area contributed by atoms with Gasteiger partial charge in [0.2, 0.25) is 0 Å². The molecule has 0 atom stereocenters. The maximum atomic E-state index is 12.3. The Morgan fingerprint density at radius 2 is 1.59 bits per heavy atom. The van der Waals surface area contributed by atoms with Crippen molar-refractivity contribution in [1.82, 2.24) is 8.61 Å². The van der Waals surface area contributed by atoms with E-state index in [0.717, 1.165) is 0 Å². The van der Waals surface area contributed by atoms with Gasteiger partial charge in [-0.1, -0.05) is 18.2 Å². The zero-order valence-corrected chi connectivity index (χ0v) is 14.5. The molecule has 1 heterocycles. The normalized spacial score (nSPS) is 18.7. The third-order valence-corrected chi connectivity index (χ3v) is 7.76. The average Bonchev–Trinajstić information content (AvgIpc) is 2.48. The van der Waals surface area contributed by atoms with Gasteiger partial charge in [-0.3, -0.25) is 0 Å². The monoisotopic (exact) mass is 346 g/mol. The van der Waals surface area contributed by atoms with Gasteiger partial charge in [0.05, 0.1) is 10.6 Å². The Labute approximate surface area is 132 Å². The maximum Gasteiger partial charge on any atom is 0.281 e. The Morgan fingerprint density at radius 1 is 1.05 bits per heavy atom. The van der Waals surface area contributed by atoms with Crippen LogP contribution in [0.25, 0.3) is 0 Å². The van der Waals surface area contributed by atoms with Crippen molar-refractivity contribution in [3.63, 3.8) is 0 Å². The van der Waals surface area contributed by atoms with Crippen molar-refractivity contribution in [3.05, 3.63) is 30.3 Å². The molecule has 1 aromatic rings. The minimum absolute atomic E-state index is 0.00109. The highest BCUT2D eigenvalue weighted by Gasteiger charge is 2.31. The summed E-state index contributed by atoms with van der Waals surface area (Å²) in [6.45, 7) is 0.741. The third-order valence-electron chi connectivity index (χ3n) is 3.92. The second kappa shape index (κ2) is 6.66. The Bertz CT molecular complexity index is 692. The van der Waals surface area contributed by atoms with Crippen molar-refractivity contribution in [2.45, 2.75) is 17.7 Å². The number of rotatable bonds is 5. The van der Waals surface area contributed by atoms with Crippen LogP contribution in [-0.2, 0) is 20.0 Å². The lowest BCUT2D eigenvalue weighted by molar-refractivity contribution is 0.276. The first-order valence-corrected chi connectivity index (χ1v) is 10.2. The van der Waals surface area contributed by atoms with Crippen molar-refractivity contribution in [2.75, 3.05) is 32.9 Å². The van der Waals surface area contributed by atoms with E-state index in [9.17, 15) is 16.8 Å². The fourth-order valence-corrected chi connectivity index (χ4v) is 5.42. The summed E-state index contributed by atoms with van der Waals surface area (Å²) in [7, 11) is -3.71. The van der Waals surface area contributed by atoms with Crippen LogP contribution in [0.3, 0.4) is 0 Å².